The standard InChI is InChI=1S/C18H28FNO/c1-5-6-7-15(13-8-10-14(19)11-9-13)20-16-12-17(21-4)18(16,2)3/h8-11,15-17,20H,5-7,12H2,1-4H3. The maximum atomic E-state index is 13.1. The summed E-state index contributed by atoms with van der Waals surface area (Å²) in [5.41, 5.74) is 1.33. The van der Waals surface area contributed by atoms with Gasteiger partial charge in [0.25, 0.3) is 0 Å². The number of halogens is 1. The van der Waals surface area contributed by atoms with E-state index in [0.717, 1.165) is 12.8 Å². The Bertz CT molecular complexity index is 443. The quantitative estimate of drug-likeness (QED) is 0.801. The van der Waals surface area contributed by atoms with Crippen molar-refractivity contribution in [2.24, 2.45) is 5.41 Å². The van der Waals surface area contributed by atoms with Crippen LogP contribution in [0.3, 0.4) is 0 Å². The fraction of sp³-hybridized carbons (Fsp3) is 0.667. The van der Waals surface area contributed by atoms with E-state index in [1.54, 1.807) is 19.2 Å². The molecule has 3 unspecified atom stereocenters. The zero-order valence-electron chi connectivity index (χ0n) is 13.7. The van der Waals surface area contributed by atoms with Crippen LogP contribution >= 0.6 is 0 Å². The van der Waals surface area contributed by atoms with E-state index in [4.69, 9.17) is 4.74 Å². The molecule has 0 radical (unpaired) electrons. The van der Waals surface area contributed by atoms with Crippen molar-refractivity contribution in [1.82, 2.24) is 5.32 Å². The molecule has 0 aliphatic heterocycles. The molecule has 3 atom stereocenters. The molecule has 0 saturated heterocycles. The van der Waals surface area contributed by atoms with Crippen LogP contribution in [-0.2, 0) is 4.74 Å². The lowest BCUT2D eigenvalue weighted by atomic mass is 9.64. The first-order valence-electron chi connectivity index (χ1n) is 8.03. The summed E-state index contributed by atoms with van der Waals surface area (Å²) in [6.45, 7) is 6.71. The lowest BCUT2D eigenvalue weighted by molar-refractivity contribution is -0.101. The van der Waals surface area contributed by atoms with Crippen molar-refractivity contribution in [3.05, 3.63) is 35.6 Å². The molecule has 1 aliphatic carbocycles. The van der Waals surface area contributed by atoms with Crippen molar-refractivity contribution in [2.75, 3.05) is 7.11 Å². The normalized spacial score (nSPS) is 25.4. The molecule has 1 saturated carbocycles. The zero-order chi connectivity index (χ0) is 15.5. The van der Waals surface area contributed by atoms with Crippen LogP contribution < -0.4 is 5.32 Å². The van der Waals surface area contributed by atoms with Crippen LogP contribution in [0.2, 0.25) is 0 Å². The van der Waals surface area contributed by atoms with E-state index >= 15 is 0 Å². The predicted molar refractivity (Wildman–Crippen MR) is 84.8 cm³/mol. The Hall–Kier alpha value is -0.930. The van der Waals surface area contributed by atoms with Crippen LogP contribution in [0.1, 0.15) is 58.1 Å². The number of benzene rings is 1. The Labute approximate surface area is 128 Å². The Morgan fingerprint density at radius 1 is 1.33 bits per heavy atom. The Morgan fingerprint density at radius 3 is 2.52 bits per heavy atom. The van der Waals surface area contributed by atoms with E-state index in [0.29, 0.717) is 18.2 Å². The van der Waals surface area contributed by atoms with Gasteiger partial charge in [0.15, 0.2) is 0 Å². The van der Waals surface area contributed by atoms with Gasteiger partial charge < -0.3 is 10.1 Å². The third-order valence-corrected chi connectivity index (χ3v) is 4.98. The molecule has 2 nitrogen and oxygen atoms in total. The molecular formula is C18H28FNO. The van der Waals surface area contributed by atoms with E-state index in [9.17, 15) is 4.39 Å². The van der Waals surface area contributed by atoms with Crippen molar-refractivity contribution < 1.29 is 9.13 Å². The largest absolute Gasteiger partial charge is 0.381 e. The summed E-state index contributed by atoms with van der Waals surface area (Å²) in [5.74, 6) is -0.170. The van der Waals surface area contributed by atoms with Gasteiger partial charge in [-0.2, -0.15) is 0 Å². The highest BCUT2D eigenvalue weighted by Crippen LogP contribution is 2.43. The Morgan fingerprint density at radius 2 is 2.00 bits per heavy atom. The molecule has 118 valence electrons. The van der Waals surface area contributed by atoms with Gasteiger partial charge in [-0.05, 0) is 30.5 Å². The lowest BCUT2D eigenvalue weighted by Crippen LogP contribution is -2.61. The number of hydrogen-bond donors (Lipinski definition) is 1. The van der Waals surface area contributed by atoms with Crippen LogP contribution in [0.5, 0.6) is 0 Å². The summed E-state index contributed by atoms with van der Waals surface area (Å²) >= 11 is 0. The number of hydrogen-bond acceptors (Lipinski definition) is 2. The molecule has 1 fully saturated rings. The number of ether oxygens (including phenoxy) is 1. The van der Waals surface area contributed by atoms with Gasteiger partial charge in [-0.1, -0.05) is 45.7 Å². The van der Waals surface area contributed by atoms with Crippen LogP contribution in [0.25, 0.3) is 0 Å². The molecule has 3 heteroatoms. The Kier molecular flexibility index (Phi) is 5.39. The molecule has 21 heavy (non-hydrogen) atoms. The molecule has 2 rings (SSSR count). The van der Waals surface area contributed by atoms with Crippen LogP contribution in [0.4, 0.5) is 4.39 Å². The molecule has 0 bridgehead atoms. The van der Waals surface area contributed by atoms with Crippen LogP contribution in [-0.4, -0.2) is 19.3 Å². The molecule has 1 aliphatic rings. The Balaban J connectivity index is 2.05. The van der Waals surface area contributed by atoms with Crippen LogP contribution in [0.15, 0.2) is 24.3 Å². The fourth-order valence-electron chi connectivity index (χ4n) is 3.26. The van der Waals surface area contributed by atoms with Crippen molar-refractivity contribution in [3.63, 3.8) is 0 Å². The van der Waals surface area contributed by atoms with Gasteiger partial charge in [-0.3, -0.25) is 0 Å². The number of methoxy groups -OCH3 is 1. The first-order valence-corrected chi connectivity index (χ1v) is 8.03. The van der Waals surface area contributed by atoms with Gasteiger partial charge >= 0.3 is 0 Å². The minimum Gasteiger partial charge on any atom is -0.381 e. The number of unbranched alkanes of at least 4 members (excludes halogenated alkanes) is 1. The molecule has 0 heterocycles. The summed E-state index contributed by atoms with van der Waals surface area (Å²) in [5, 5.41) is 3.78. The number of nitrogens with one attached hydrogen (secondary N) is 1. The summed E-state index contributed by atoms with van der Waals surface area (Å²) in [6.07, 6.45) is 4.82. The van der Waals surface area contributed by atoms with E-state index in [-0.39, 0.29) is 11.2 Å². The average molecular weight is 293 g/mol. The fourth-order valence-corrected chi connectivity index (χ4v) is 3.26. The third-order valence-electron chi connectivity index (χ3n) is 4.98. The molecule has 0 amide bonds. The van der Waals surface area contributed by atoms with Gasteiger partial charge in [-0.25, -0.2) is 4.39 Å². The highest BCUT2D eigenvalue weighted by molar-refractivity contribution is 5.21. The van der Waals surface area contributed by atoms with Gasteiger partial charge in [0, 0.05) is 24.6 Å². The van der Waals surface area contributed by atoms with Gasteiger partial charge in [0.2, 0.25) is 0 Å². The van der Waals surface area contributed by atoms with Crippen molar-refractivity contribution in [1.29, 1.82) is 0 Å². The second-order valence-corrected chi connectivity index (χ2v) is 6.75. The van der Waals surface area contributed by atoms with E-state index in [1.165, 1.54) is 18.4 Å². The van der Waals surface area contributed by atoms with Crippen molar-refractivity contribution >= 4 is 0 Å². The smallest absolute Gasteiger partial charge is 0.123 e. The first kappa shape index (κ1) is 16.4. The van der Waals surface area contributed by atoms with Gasteiger partial charge in [-0.15, -0.1) is 0 Å². The SMILES string of the molecule is CCCCC(NC1CC(OC)C1(C)C)c1ccc(F)cc1. The van der Waals surface area contributed by atoms with E-state index in [2.05, 4.69) is 26.1 Å². The first-order chi connectivity index (χ1) is 9.98. The highest BCUT2D eigenvalue weighted by atomic mass is 19.1. The van der Waals surface area contributed by atoms with Gasteiger partial charge in [0.1, 0.15) is 5.82 Å². The topological polar surface area (TPSA) is 21.3 Å². The molecule has 0 spiro atoms. The summed E-state index contributed by atoms with van der Waals surface area (Å²) in [7, 11) is 1.79. The summed E-state index contributed by atoms with van der Waals surface area (Å²) in [4.78, 5) is 0. The minimum atomic E-state index is -0.170. The third kappa shape index (κ3) is 3.64. The predicted octanol–water partition coefficient (Wildman–Crippen LogP) is 4.46. The zero-order valence-corrected chi connectivity index (χ0v) is 13.7. The second kappa shape index (κ2) is 6.89. The molecule has 1 N–H and O–H groups in total. The van der Waals surface area contributed by atoms with Crippen molar-refractivity contribution in [2.45, 2.75) is 64.6 Å². The van der Waals surface area contributed by atoms with Crippen molar-refractivity contribution in [3.8, 4) is 0 Å². The molecule has 0 aromatic heterocycles. The molecular weight excluding hydrogens is 265 g/mol. The van der Waals surface area contributed by atoms with E-state index in [1.807, 2.05) is 12.1 Å². The maximum Gasteiger partial charge on any atom is 0.123 e. The average Bonchev–Trinajstić information content (AvgIpc) is 2.47. The molecule has 1 aromatic rings. The number of rotatable bonds is 7. The second-order valence-electron chi connectivity index (χ2n) is 6.75. The molecule has 1 aromatic carbocycles. The van der Waals surface area contributed by atoms with Gasteiger partial charge in [0.05, 0.1) is 6.10 Å². The summed E-state index contributed by atoms with van der Waals surface area (Å²) < 4.78 is 18.7. The monoisotopic (exact) mass is 293 g/mol. The van der Waals surface area contributed by atoms with Crippen LogP contribution in [0, 0.1) is 11.2 Å². The summed E-state index contributed by atoms with van der Waals surface area (Å²) in [6, 6.07) is 7.67. The minimum absolute atomic E-state index is 0.152. The van der Waals surface area contributed by atoms with E-state index < -0.39 is 0 Å². The maximum absolute atomic E-state index is 13.1. The lowest BCUT2D eigenvalue weighted by Gasteiger charge is -2.52. The highest BCUT2D eigenvalue weighted by Gasteiger charge is 2.48.